The van der Waals surface area contributed by atoms with E-state index in [1.807, 2.05) is 37.3 Å². The third-order valence-corrected chi connectivity index (χ3v) is 3.18. The molecule has 1 heterocycles. The van der Waals surface area contributed by atoms with E-state index in [4.69, 9.17) is 5.26 Å². The molecule has 2 aromatic rings. The molecule has 0 saturated carbocycles. The third-order valence-electron chi connectivity index (χ3n) is 2.27. The molecule has 17 heavy (non-hydrogen) atoms. The Bertz CT molecular complexity index is 561. The molecule has 0 bridgehead atoms. The average Bonchev–Trinajstić information content (AvgIpc) is 2.37. The number of aryl methyl sites for hydroxylation is 1. The standard InChI is InChI=1S/C13H11N3S/c1-10-6-7-15-13(16-10)17-9-12-5-3-2-4-11(12)8-14/h2-7H,9H2,1H3. The Hall–Kier alpha value is -1.86. The first kappa shape index (κ1) is 11.6. The fraction of sp³-hybridized carbons (Fsp3) is 0.154. The molecular weight excluding hydrogens is 230 g/mol. The lowest BCUT2D eigenvalue weighted by Crippen LogP contribution is -1.91. The van der Waals surface area contributed by atoms with Crippen molar-refractivity contribution < 1.29 is 0 Å². The van der Waals surface area contributed by atoms with Crippen LogP contribution in [0, 0.1) is 18.3 Å². The van der Waals surface area contributed by atoms with Crippen LogP contribution in [0.25, 0.3) is 0 Å². The van der Waals surface area contributed by atoms with Gasteiger partial charge in [-0.15, -0.1) is 0 Å². The molecule has 1 aromatic heterocycles. The Balaban J connectivity index is 2.10. The number of nitrogens with zero attached hydrogens (tertiary/aromatic N) is 3. The highest BCUT2D eigenvalue weighted by Crippen LogP contribution is 2.20. The van der Waals surface area contributed by atoms with Gasteiger partial charge < -0.3 is 0 Å². The number of aromatic nitrogens is 2. The molecular formula is C13H11N3S. The number of rotatable bonds is 3. The van der Waals surface area contributed by atoms with Gasteiger partial charge in [-0.3, -0.25) is 0 Å². The van der Waals surface area contributed by atoms with Gasteiger partial charge in [-0.2, -0.15) is 5.26 Å². The lowest BCUT2D eigenvalue weighted by molar-refractivity contribution is 0.932. The second kappa shape index (κ2) is 5.46. The molecule has 0 fully saturated rings. The maximum Gasteiger partial charge on any atom is 0.188 e. The second-order valence-corrected chi connectivity index (χ2v) is 4.48. The zero-order chi connectivity index (χ0) is 12.1. The van der Waals surface area contributed by atoms with E-state index in [1.54, 1.807) is 18.0 Å². The summed E-state index contributed by atoms with van der Waals surface area (Å²) in [5, 5.41) is 9.72. The highest BCUT2D eigenvalue weighted by Gasteiger charge is 2.03. The summed E-state index contributed by atoms with van der Waals surface area (Å²) in [6.45, 7) is 1.94. The van der Waals surface area contributed by atoms with Gasteiger partial charge in [0, 0.05) is 17.6 Å². The monoisotopic (exact) mass is 241 g/mol. The predicted molar refractivity (Wildman–Crippen MR) is 67.5 cm³/mol. The van der Waals surface area contributed by atoms with Crippen LogP contribution in [0.1, 0.15) is 16.8 Å². The maximum atomic E-state index is 8.97. The van der Waals surface area contributed by atoms with Crippen molar-refractivity contribution >= 4 is 11.8 Å². The first-order chi connectivity index (χ1) is 8.29. The quantitative estimate of drug-likeness (QED) is 0.612. The van der Waals surface area contributed by atoms with Crippen LogP contribution < -0.4 is 0 Å². The Labute approximate surface area is 105 Å². The van der Waals surface area contributed by atoms with Crippen LogP contribution in [-0.2, 0) is 5.75 Å². The lowest BCUT2D eigenvalue weighted by Gasteiger charge is -2.03. The molecule has 0 atom stereocenters. The second-order valence-electron chi connectivity index (χ2n) is 3.54. The van der Waals surface area contributed by atoms with Gasteiger partial charge in [-0.25, -0.2) is 9.97 Å². The van der Waals surface area contributed by atoms with Crippen LogP contribution in [0.3, 0.4) is 0 Å². The van der Waals surface area contributed by atoms with Crippen LogP contribution in [0.4, 0.5) is 0 Å². The SMILES string of the molecule is Cc1ccnc(SCc2ccccc2C#N)n1. The van der Waals surface area contributed by atoms with Gasteiger partial charge in [-0.1, -0.05) is 30.0 Å². The Kier molecular flexibility index (Phi) is 3.73. The van der Waals surface area contributed by atoms with Crippen molar-refractivity contribution in [3.8, 4) is 6.07 Å². The zero-order valence-electron chi connectivity index (χ0n) is 9.42. The van der Waals surface area contributed by atoms with Gasteiger partial charge >= 0.3 is 0 Å². The molecule has 3 nitrogen and oxygen atoms in total. The highest BCUT2D eigenvalue weighted by molar-refractivity contribution is 7.98. The molecule has 4 heteroatoms. The topological polar surface area (TPSA) is 49.6 Å². The van der Waals surface area contributed by atoms with Crippen molar-refractivity contribution in [2.75, 3.05) is 0 Å². The summed E-state index contributed by atoms with van der Waals surface area (Å²) in [7, 11) is 0. The molecule has 1 aromatic carbocycles. The van der Waals surface area contributed by atoms with Gasteiger partial charge in [0.1, 0.15) is 0 Å². The number of hydrogen-bond acceptors (Lipinski definition) is 4. The Morgan fingerprint density at radius 2 is 2.12 bits per heavy atom. The van der Waals surface area contributed by atoms with E-state index < -0.39 is 0 Å². The minimum atomic E-state index is 0.715. The van der Waals surface area contributed by atoms with Gasteiger partial charge in [0.15, 0.2) is 5.16 Å². The summed E-state index contributed by atoms with van der Waals surface area (Å²) in [5.41, 5.74) is 2.69. The molecule has 0 aliphatic rings. The summed E-state index contributed by atoms with van der Waals surface area (Å²) in [5.74, 6) is 0.715. The van der Waals surface area contributed by atoms with Crippen LogP contribution in [0.15, 0.2) is 41.7 Å². The van der Waals surface area contributed by atoms with Crippen molar-refractivity contribution in [1.29, 1.82) is 5.26 Å². The zero-order valence-corrected chi connectivity index (χ0v) is 10.2. The molecule has 84 valence electrons. The fourth-order valence-corrected chi connectivity index (χ4v) is 2.27. The van der Waals surface area contributed by atoms with E-state index in [0.29, 0.717) is 11.3 Å². The minimum absolute atomic E-state index is 0.715. The summed E-state index contributed by atoms with van der Waals surface area (Å²) in [6, 6.07) is 11.7. The van der Waals surface area contributed by atoms with E-state index >= 15 is 0 Å². The highest BCUT2D eigenvalue weighted by atomic mass is 32.2. The molecule has 0 unspecified atom stereocenters. The summed E-state index contributed by atoms with van der Waals surface area (Å²) in [4.78, 5) is 8.49. The first-order valence-corrected chi connectivity index (χ1v) is 6.18. The van der Waals surface area contributed by atoms with Crippen molar-refractivity contribution in [3.05, 3.63) is 53.3 Å². The van der Waals surface area contributed by atoms with E-state index in [1.165, 1.54) is 0 Å². The predicted octanol–water partition coefficient (Wildman–Crippen LogP) is 2.95. The third kappa shape index (κ3) is 3.05. The Morgan fingerprint density at radius 3 is 2.88 bits per heavy atom. The molecule has 2 rings (SSSR count). The number of nitriles is 1. The van der Waals surface area contributed by atoms with Crippen molar-refractivity contribution in [3.63, 3.8) is 0 Å². The van der Waals surface area contributed by atoms with E-state index in [9.17, 15) is 0 Å². The molecule has 0 aliphatic carbocycles. The van der Waals surface area contributed by atoms with Crippen LogP contribution in [0.2, 0.25) is 0 Å². The van der Waals surface area contributed by atoms with E-state index in [-0.39, 0.29) is 0 Å². The smallest absolute Gasteiger partial charge is 0.188 e. The maximum absolute atomic E-state index is 8.97. The number of hydrogen-bond donors (Lipinski definition) is 0. The van der Waals surface area contributed by atoms with Crippen molar-refractivity contribution in [1.82, 2.24) is 9.97 Å². The van der Waals surface area contributed by atoms with Gasteiger partial charge in [0.25, 0.3) is 0 Å². The van der Waals surface area contributed by atoms with E-state index in [0.717, 1.165) is 16.4 Å². The summed E-state index contributed by atoms with van der Waals surface area (Å²) >= 11 is 1.54. The normalized spacial score (nSPS) is 9.88. The van der Waals surface area contributed by atoms with Gasteiger partial charge in [0.2, 0.25) is 0 Å². The number of thioether (sulfide) groups is 1. The fourth-order valence-electron chi connectivity index (χ4n) is 1.39. The average molecular weight is 241 g/mol. The molecule has 0 N–H and O–H groups in total. The first-order valence-electron chi connectivity index (χ1n) is 5.20. The van der Waals surface area contributed by atoms with Crippen LogP contribution >= 0.6 is 11.8 Å². The molecule has 0 saturated heterocycles. The largest absolute Gasteiger partial charge is 0.231 e. The molecule has 0 amide bonds. The van der Waals surface area contributed by atoms with Crippen LogP contribution in [0.5, 0.6) is 0 Å². The van der Waals surface area contributed by atoms with Gasteiger partial charge in [-0.05, 0) is 24.6 Å². The molecule has 0 radical (unpaired) electrons. The van der Waals surface area contributed by atoms with Gasteiger partial charge in [0.05, 0.1) is 11.6 Å². The van der Waals surface area contributed by atoms with Crippen molar-refractivity contribution in [2.24, 2.45) is 0 Å². The number of benzene rings is 1. The van der Waals surface area contributed by atoms with Crippen molar-refractivity contribution in [2.45, 2.75) is 17.8 Å². The minimum Gasteiger partial charge on any atom is -0.231 e. The van der Waals surface area contributed by atoms with E-state index in [2.05, 4.69) is 16.0 Å². The summed E-state index contributed by atoms with van der Waals surface area (Å²) < 4.78 is 0. The Morgan fingerprint density at radius 1 is 1.29 bits per heavy atom. The molecule has 0 aliphatic heterocycles. The lowest BCUT2D eigenvalue weighted by atomic mass is 10.1. The summed E-state index contributed by atoms with van der Waals surface area (Å²) in [6.07, 6.45) is 1.75. The van der Waals surface area contributed by atoms with Crippen LogP contribution in [-0.4, -0.2) is 9.97 Å². The molecule has 0 spiro atoms.